The highest BCUT2D eigenvalue weighted by molar-refractivity contribution is 5.76. The summed E-state index contributed by atoms with van der Waals surface area (Å²) in [5.41, 5.74) is 6.36. The smallest absolute Gasteiger partial charge is 0.223 e. The molecule has 1 aliphatic carbocycles. The Bertz CT molecular complexity index is 454. The second kappa shape index (κ2) is 6.64. The van der Waals surface area contributed by atoms with Crippen LogP contribution in [0.25, 0.3) is 0 Å². The summed E-state index contributed by atoms with van der Waals surface area (Å²) in [5.74, 6) is 0.702. The molecule has 1 aliphatic rings. The molecule has 1 aromatic carbocycles. The Morgan fingerprint density at radius 2 is 2.00 bits per heavy atom. The van der Waals surface area contributed by atoms with E-state index in [1.165, 1.54) is 19.3 Å². The van der Waals surface area contributed by atoms with E-state index >= 15 is 0 Å². The van der Waals surface area contributed by atoms with Crippen molar-refractivity contribution < 1.29 is 9.53 Å². The van der Waals surface area contributed by atoms with Crippen LogP contribution < -0.4 is 15.8 Å². The van der Waals surface area contributed by atoms with Crippen LogP contribution >= 0.6 is 0 Å². The Morgan fingerprint density at radius 3 is 2.70 bits per heavy atom. The predicted molar refractivity (Wildman–Crippen MR) is 80.6 cm³/mol. The standard InChI is InChI=1S/C16H24N2O2/c1-16(10-5-2-6-11-16)18-15(19)9-12-20-14-8-4-3-7-13(14)17/h3-4,7-8H,2,5-6,9-12,17H2,1H3,(H,18,19). The van der Waals surface area contributed by atoms with Crippen molar-refractivity contribution in [3.63, 3.8) is 0 Å². The number of nitrogen functional groups attached to an aromatic ring is 1. The number of nitrogens with two attached hydrogens (primary N) is 1. The van der Waals surface area contributed by atoms with Gasteiger partial charge in [0.15, 0.2) is 0 Å². The van der Waals surface area contributed by atoms with Gasteiger partial charge >= 0.3 is 0 Å². The third-order valence-electron chi connectivity index (χ3n) is 3.90. The Morgan fingerprint density at radius 1 is 1.30 bits per heavy atom. The number of nitrogens with one attached hydrogen (secondary N) is 1. The Kier molecular flexibility index (Phi) is 4.88. The number of para-hydroxylation sites is 2. The lowest BCUT2D eigenvalue weighted by Crippen LogP contribution is -2.47. The summed E-state index contributed by atoms with van der Waals surface area (Å²) in [6, 6.07) is 7.34. The fourth-order valence-corrected chi connectivity index (χ4v) is 2.72. The Hall–Kier alpha value is -1.71. The van der Waals surface area contributed by atoms with E-state index in [4.69, 9.17) is 10.5 Å². The summed E-state index contributed by atoms with van der Waals surface area (Å²) in [4.78, 5) is 12.0. The van der Waals surface area contributed by atoms with Gasteiger partial charge in [0, 0.05) is 5.54 Å². The number of rotatable bonds is 5. The van der Waals surface area contributed by atoms with Gasteiger partial charge in [0.25, 0.3) is 0 Å². The molecule has 1 fully saturated rings. The van der Waals surface area contributed by atoms with Crippen molar-refractivity contribution in [1.29, 1.82) is 0 Å². The summed E-state index contributed by atoms with van der Waals surface area (Å²) < 4.78 is 5.54. The molecule has 3 N–H and O–H groups in total. The largest absolute Gasteiger partial charge is 0.491 e. The van der Waals surface area contributed by atoms with Crippen molar-refractivity contribution in [2.75, 3.05) is 12.3 Å². The van der Waals surface area contributed by atoms with Crippen LogP contribution in [0.2, 0.25) is 0 Å². The molecule has 2 rings (SSSR count). The Balaban J connectivity index is 1.74. The molecule has 0 atom stereocenters. The topological polar surface area (TPSA) is 64.3 Å². The van der Waals surface area contributed by atoms with Gasteiger partial charge in [-0.15, -0.1) is 0 Å². The first-order valence-electron chi connectivity index (χ1n) is 7.37. The van der Waals surface area contributed by atoms with Gasteiger partial charge in [-0.1, -0.05) is 31.4 Å². The molecule has 4 nitrogen and oxygen atoms in total. The second-order valence-electron chi connectivity index (χ2n) is 5.81. The van der Waals surface area contributed by atoms with Crippen LogP contribution in [0.1, 0.15) is 45.4 Å². The lowest BCUT2D eigenvalue weighted by molar-refractivity contribution is -0.123. The SMILES string of the molecule is CC1(NC(=O)CCOc2ccccc2N)CCCCC1. The van der Waals surface area contributed by atoms with Crippen LogP contribution in [0.4, 0.5) is 5.69 Å². The first-order chi connectivity index (χ1) is 9.59. The van der Waals surface area contributed by atoms with Gasteiger partial charge in [-0.25, -0.2) is 0 Å². The molecule has 0 bridgehead atoms. The minimum Gasteiger partial charge on any atom is -0.491 e. The van der Waals surface area contributed by atoms with Gasteiger partial charge in [0.2, 0.25) is 5.91 Å². The van der Waals surface area contributed by atoms with Crippen LogP contribution in [0.3, 0.4) is 0 Å². The van der Waals surface area contributed by atoms with Crippen LogP contribution in [0.5, 0.6) is 5.75 Å². The van der Waals surface area contributed by atoms with E-state index in [0.29, 0.717) is 24.5 Å². The third-order valence-corrected chi connectivity index (χ3v) is 3.90. The van der Waals surface area contributed by atoms with Gasteiger partial charge in [-0.2, -0.15) is 0 Å². The molecule has 1 aromatic rings. The summed E-state index contributed by atoms with van der Waals surface area (Å²) in [6.07, 6.45) is 6.20. The summed E-state index contributed by atoms with van der Waals surface area (Å²) >= 11 is 0. The van der Waals surface area contributed by atoms with E-state index in [2.05, 4.69) is 12.2 Å². The molecular weight excluding hydrogens is 252 g/mol. The maximum atomic E-state index is 12.0. The zero-order valence-electron chi connectivity index (χ0n) is 12.2. The number of anilines is 1. The molecule has 0 unspecified atom stereocenters. The maximum absolute atomic E-state index is 12.0. The van der Waals surface area contributed by atoms with Crippen molar-refractivity contribution in [2.24, 2.45) is 0 Å². The van der Waals surface area contributed by atoms with E-state index < -0.39 is 0 Å². The molecule has 1 amide bonds. The highest BCUT2D eigenvalue weighted by Gasteiger charge is 2.27. The van der Waals surface area contributed by atoms with Crippen molar-refractivity contribution in [1.82, 2.24) is 5.32 Å². The fraction of sp³-hybridized carbons (Fsp3) is 0.562. The molecule has 1 saturated carbocycles. The minimum absolute atomic E-state index is 0.0267. The molecule has 20 heavy (non-hydrogen) atoms. The molecule has 4 heteroatoms. The maximum Gasteiger partial charge on any atom is 0.223 e. The first kappa shape index (κ1) is 14.7. The van der Waals surface area contributed by atoms with Crippen molar-refractivity contribution >= 4 is 11.6 Å². The number of hydrogen-bond acceptors (Lipinski definition) is 3. The summed E-state index contributed by atoms with van der Waals surface area (Å²) in [5, 5.41) is 3.15. The number of amides is 1. The third kappa shape index (κ3) is 4.15. The average molecular weight is 276 g/mol. The average Bonchev–Trinajstić information content (AvgIpc) is 2.41. The van der Waals surface area contributed by atoms with Crippen LogP contribution in [0, 0.1) is 0 Å². The van der Waals surface area contributed by atoms with Crippen LogP contribution in [-0.4, -0.2) is 18.1 Å². The molecule has 110 valence electrons. The quantitative estimate of drug-likeness (QED) is 0.813. The normalized spacial score (nSPS) is 17.4. The molecule has 0 radical (unpaired) electrons. The van der Waals surface area contributed by atoms with Gasteiger partial charge < -0.3 is 15.8 Å². The number of carbonyl (C=O) groups excluding carboxylic acids is 1. The second-order valence-corrected chi connectivity index (χ2v) is 5.81. The monoisotopic (exact) mass is 276 g/mol. The zero-order valence-corrected chi connectivity index (χ0v) is 12.2. The van der Waals surface area contributed by atoms with E-state index in [0.717, 1.165) is 12.8 Å². The molecule has 0 aliphatic heterocycles. The lowest BCUT2D eigenvalue weighted by Gasteiger charge is -2.34. The van der Waals surface area contributed by atoms with E-state index in [1.807, 2.05) is 18.2 Å². The number of carbonyl (C=O) groups is 1. The number of hydrogen-bond donors (Lipinski definition) is 2. The molecule has 0 spiro atoms. The van der Waals surface area contributed by atoms with Gasteiger partial charge in [0.1, 0.15) is 5.75 Å². The minimum atomic E-state index is -0.0267. The van der Waals surface area contributed by atoms with E-state index in [1.54, 1.807) is 6.07 Å². The van der Waals surface area contributed by atoms with Crippen LogP contribution in [0.15, 0.2) is 24.3 Å². The number of ether oxygens (including phenoxy) is 1. The van der Waals surface area contributed by atoms with E-state index in [-0.39, 0.29) is 11.4 Å². The molecule has 0 aromatic heterocycles. The highest BCUT2D eigenvalue weighted by Crippen LogP contribution is 2.27. The van der Waals surface area contributed by atoms with Gasteiger partial charge in [-0.05, 0) is 31.9 Å². The summed E-state index contributed by atoms with van der Waals surface area (Å²) in [6.45, 7) is 2.50. The van der Waals surface area contributed by atoms with E-state index in [9.17, 15) is 4.79 Å². The Labute approximate surface area is 120 Å². The van der Waals surface area contributed by atoms with Crippen molar-refractivity contribution in [3.8, 4) is 5.75 Å². The molecule has 0 heterocycles. The van der Waals surface area contributed by atoms with Crippen LogP contribution in [-0.2, 0) is 4.79 Å². The van der Waals surface area contributed by atoms with Crippen molar-refractivity contribution in [2.45, 2.75) is 51.0 Å². The van der Waals surface area contributed by atoms with Crippen molar-refractivity contribution in [3.05, 3.63) is 24.3 Å². The highest BCUT2D eigenvalue weighted by atomic mass is 16.5. The fourth-order valence-electron chi connectivity index (χ4n) is 2.72. The molecule has 0 saturated heterocycles. The lowest BCUT2D eigenvalue weighted by atomic mass is 9.83. The first-order valence-corrected chi connectivity index (χ1v) is 7.37. The number of benzene rings is 1. The van der Waals surface area contributed by atoms with Gasteiger partial charge in [0.05, 0.1) is 18.7 Å². The summed E-state index contributed by atoms with van der Waals surface area (Å²) in [7, 11) is 0. The van der Waals surface area contributed by atoms with Gasteiger partial charge in [-0.3, -0.25) is 4.79 Å². The zero-order chi connectivity index (χ0) is 14.4. The molecular formula is C16H24N2O2. The predicted octanol–water partition coefficient (Wildman–Crippen LogP) is 2.88.